The summed E-state index contributed by atoms with van der Waals surface area (Å²) in [6, 6.07) is 8.29. The van der Waals surface area contributed by atoms with Gasteiger partial charge in [0.2, 0.25) is 5.91 Å². The monoisotopic (exact) mass is 439 g/mol. The van der Waals surface area contributed by atoms with Crippen LogP contribution in [0, 0.1) is 6.92 Å². The van der Waals surface area contributed by atoms with Crippen molar-refractivity contribution in [2.75, 3.05) is 11.9 Å². The first kappa shape index (κ1) is 21.4. The van der Waals surface area contributed by atoms with Crippen LogP contribution < -0.4 is 16.0 Å². The number of carbonyl (C=O) groups is 2. The largest absolute Gasteiger partial charge is 0.358 e. The minimum atomic E-state index is -0.133. The second-order valence-corrected chi connectivity index (χ2v) is 8.95. The number of urea groups is 1. The average Bonchev–Trinajstić information content (AvgIpc) is 3.34. The Morgan fingerprint density at radius 1 is 1.19 bits per heavy atom. The average molecular weight is 440 g/mol. The summed E-state index contributed by atoms with van der Waals surface area (Å²) >= 11 is 1.42. The van der Waals surface area contributed by atoms with Crippen LogP contribution in [-0.4, -0.2) is 34.5 Å². The number of nitrogens with one attached hydrogen (secondary N) is 4. The molecule has 0 radical (unpaired) electrons. The molecule has 164 valence electrons. The molecule has 7 nitrogen and oxygen atoms in total. The third kappa shape index (κ3) is 5.44. The van der Waals surface area contributed by atoms with Crippen LogP contribution in [0.4, 0.5) is 9.93 Å². The van der Waals surface area contributed by atoms with Crippen LogP contribution in [0.3, 0.4) is 0 Å². The van der Waals surface area contributed by atoms with E-state index in [0.29, 0.717) is 24.5 Å². The highest BCUT2D eigenvalue weighted by atomic mass is 32.1. The minimum absolute atomic E-state index is 0.0916. The Balaban J connectivity index is 1.23. The van der Waals surface area contributed by atoms with Gasteiger partial charge in [-0.15, -0.1) is 11.3 Å². The molecule has 1 aromatic carbocycles. The number of amides is 3. The van der Waals surface area contributed by atoms with Gasteiger partial charge in [-0.1, -0.05) is 37.5 Å². The van der Waals surface area contributed by atoms with E-state index >= 15 is 0 Å². The first-order chi connectivity index (χ1) is 15.1. The van der Waals surface area contributed by atoms with E-state index in [1.807, 2.05) is 30.5 Å². The molecule has 1 fully saturated rings. The maximum Gasteiger partial charge on any atom is 0.315 e. The Morgan fingerprint density at radius 3 is 2.84 bits per heavy atom. The highest BCUT2D eigenvalue weighted by molar-refractivity contribution is 7.14. The maximum absolute atomic E-state index is 12.3. The summed E-state index contributed by atoms with van der Waals surface area (Å²) in [6.45, 7) is 2.51. The Labute approximate surface area is 186 Å². The lowest BCUT2D eigenvalue weighted by molar-refractivity contribution is -0.116. The zero-order valence-electron chi connectivity index (χ0n) is 17.8. The molecule has 1 aliphatic carbocycles. The number of aryl methyl sites for hydroxylation is 1. The predicted octanol–water partition coefficient (Wildman–Crippen LogP) is 4.95. The quantitative estimate of drug-likeness (QED) is 0.392. The summed E-state index contributed by atoms with van der Waals surface area (Å²) in [5.41, 5.74) is 4.06. The third-order valence-corrected chi connectivity index (χ3v) is 6.46. The number of hydrogen-bond donors (Lipinski definition) is 4. The summed E-state index contributed by atoms with van der Waals surface area (Å²) < 4.78 is 0. The van der Waals surface area contributed by atoms with E-state index in [1.165, 1.54) is 30.6 Å². The van der Waals surface area contributed by atoms with Gasteiger partial charge in [0, 0.05) is 46.5 Å². The molecule has 0 bridgehead atoms. The van der Waals surface area contributed by atoms with Crippen molar-refractivity contribution in [1.82, 2.24) is 20.6 Å². The Bertz CT molecular complexity index is 1050. The van der Waals surface area contributed by atoms with Crippen LogP contribution in [0.25, 0.3) is 22.2 Å². The molecule has 2 aromatic heterocycles. The molecule has 0 saturated heterocycles. The van der Waals surface area contributed by atoms with Gasteiger partial charge in [-0.05, 0) is 32.3 Å². The third-order valence-electron chi connectivity index (χ3n) is 5.71. The van der Waals surface area contributed by atoms with Gasteiger partial charge in [0.15, 0.2) is 5.13 Å². The first-order valence-corrected chi connectivity index (χ1v) is 11.9. The second-order valence-electron chi connectivity index (χ2n) is 8.10. The van der Waals surface area contributed by atoms with Crippen molar-refractivity contribution in [2.45, 2.75) is 57.9 Å². The molecular weight excluding hydrogens is 410 g/mol. The number of aromatic amines is 1. The van der Waals surface area contributed by atoms with Gasteiger partial charge in [-0.3, -0.25) is 4.79 Å². The van der Waals surface area contributed by atoms with Crippen molar-refractivity contribution >= 4 is 39.3 Å². The maximum atomic E-state index is 12.3. The number of benzene rings is 1. The van der Waals surface area contributed by atoms with Gasteiger partial charge >= 0.3 is 6.03 Å². The standard InChI is InChI=1S/C23H29N5O2S/c1-15-21(17-10-5-6-11-18(17)25-15)19-14-31-23(27-19)28-20(29)12-7-13-24-22(30)26-16-8-3-2-4-9-16/h5-6,10-11,14,16,25H,2-4,7-9,12-13H2,1H3,(H2,24,26,30)(H,27,28,29). The molecule has 4 rings (SSSR count). The van der Waals surface area contributed by atoms with E-state index in [1.54, 1.807) is 0 Å². The van der Waals surface area contributed by atoms with E-state index in [9.17, 15) is 9.59 Å². The van der Waals surface area contributed by atoms with Gasteiger partial charge in [-0.25, -0.2) is 9.78 Å². The van der Waals surface area contributed by atoms with Crippen LogP contribution in [-0.2, 0) is 4.79 Å². The summed E-state index contributed by atoms with van der Waals surface area (Å²) in [6.07, 6.45) is 6.67. The number of anilines is 1. The van der Waals surface area contributed by atoms with Crippen LogP contribution in [0.2, 0.25) is 0 Å². The first-order valence-electron chi connectivity index (χ1n) is 11.0. The number of aromatic nitrogens is 2. The molecule has 0 unspecified atom stereocenters. The van der Waals surface area contributed by atoms with Crippen molar-refractivity contribution in [1.29, 1.82) is 0 Å². The SMILES string of the molecule is Cc1[nH]c2ccccc2c1-c1csc(NC(=O)CCCNC(=O)NC2CCCCC2)n1. The predicted molar refractivity (Wildman–Crippen MR) is 125 cm³/mol. The lowest BCUT2D eigenvalue weighted by atomic mass is 9.96. The highest BCUT2D eigenvalue weighted by Crippen LogP contribution is 2.33. The smallest absolute Gasteiger partial charge is 0.315 e. The Hall–Kier alpha value is -2.87. The number of thiazole rings is 1. The fourth-order valence-corrected chi connectivity index (χ4v) is 4.89. The van der Waals surface area contributed by atoms with E-state index in [-0.39, 0.29) is 18.0 Å². The number of rotatable bonds is 7. The number of carbonyl (C=O) groups excluding carboxylic acids is 2. The summed E-state index contributed by atoms with van der Waals surface area (Å²) in [4.78, 5) is 32.2. The lowest BCUT2D eigenvalue weighted by Gasteiger charge is -2.22. The summed E-state index contributed by atoms with van der Waals surface area (Å²) in [5, 5.41) is 12.4. The van der Waals surface area contributed by atoms with Gasteiger partial charge < -0.3 is 20.9 Å². The zero-order chi connectivity index (χ0) is 21.6. The molecule has 0 spiro atoms. The molecule has 3 amide bonds. The molecule has 8 heteroatoms. The molecule has 1 saturated carbocycles. The second kappa shape index (κ2) is 9.96. The van der Waals surface area contributed by atoms with Gasteiger partial charge in [0.25, 0.3) is 0 Å². The lowest BCUT2D eigenvalue weighted by Crippen LogP contribution is -2.43. The Morgan fingerprint density at radius 2 is 2.00 bits per heavy atom. The normalized spacial score (nSPS) is 14.5. The van der Waals surface area contributed by atoms with Crippen LogP contribution in [0.5, 0.6) is 0 Å². The van der Waals surface area contributed by atoms with Crippen molar-refractivity contribution in [2.24, 2.45) is 0 Å². The Kier molecular flexibility index (Phi) is 6.86. The van der Waals surface area contributed by atoms with Crippen molar-refractivity contribution in [3.63, 3.8) is 0 Å². The van der Waals surface area contributed by atoms with E-state index in [4.69, 9.17) is 0 Å². The van der Waals surface area contributed by atoms with E-state index in [0.717, 1.165) is 40.7 Å². The molecule has 0 atom stereocenters. The molecule has 2 heterocycles. The summed E-state index contributed by atoms with van der Waals surface area (Å²) in [5.74, 6) is -0.0916. The van der Waals surface area contributed by atoms with Crippen LogP contribution >= 0.6 is 11.3 Å². The van der Waals surface area contributed by atoms with Gasteiger partial charge in [0.05, 0.1) is 5.69 Å². The number of nitrogens with zero attached hydrogens (tertiary/aromatic N) is 1. The fraction of sp³-hybridized carbons (Fsp3) is 0.435. The van der Waals surface area contributed by atoms with Crippen molar-refractivity contribution in [3.05, 3.63) is 35.3 Å². The number of H-pyrrole nitrogens is 1. The van der Waals surface area contributed by atoms with Gasteiger partial charge in [-0.2, -0.15) is 0 Å². The van der Waals surface area contributed by atoms with Crippen molar-refractivity contribution < 1.29 is 9.59 Å². The van der Waals surface area contributed by atoms with E-state index in [2.05, 4.69) is 32.0 Å². The molecule has 4 N–H and O–H groups in total. The van der Waals surface area contributed by atoms with Crippen LogP contribution in [0.1, 0.15) is 50.6 Å². The molecule has 3 aromatic rings. The highest BCUT2D eigenvalue weighted by Gasteiger charge is 2.16. The molecule has 0 aliphatic heterocycles. The number of fused-ring (bicyclic) bond motifs is 1. The topological polar surface area (TPSA) is 98.9 Å². The summed E-state index contributed by atoms with van der Waals surface area (Å²) in [7, 11) is 0. The fourth-order valence-electron chi connectivity index (χ4n) is 4.17. The molecule has 1 aliphatic rings. The molecule has 31 heavy (non-hydrogen) atoms. The number of hydrogen-bond acceptors (Lipinski definition) is 4. The van der Waals surface area contributed by atoms with E-state index < -0.39 is 0 Å². The number of para-hydroxylation sites is 1. The van der Waals surface area contributed by atoms with Crippen molar-refractivity contribution in [3.8, 4) is 11.3 Å². The van der Waals surface area contributed by atoms with Crippen LogP contribution in [0.15, 0.2) is 29.6 Å². The zero-order valence-corrected chi connectivity index (χ0v) is 18.6. The van der Waals surface area contributed by atoms with Gasteiger partial charge in [0.1, 0.15) is 0 Å². The molecular formula is C23H29N5O2S. The minimum Gasteiger partial charge on any atom is -0.358 e.